The second-order valence-corrected chi connectivity index (χ2v) is 19.3. The minimum atomic E-state index is -0.534. The molecule has 2 aromatic carbocycles. The number of aromatic nitrogens is 1. The first kappa shape index (κ1) is 45.0. The summed E-state index contributed by atoms with van der Waals surface area (Å²) in [5.41, 5.74) is 3.75. The van der Waals surface area contributed by atoms with Gasteiger partial charge < -0.3 is 40.1 Å². The highest BCUT2D eigenvalue weighted by Crippen LogP contribution is 2.33. The van der Waals surface area contributed by atoms with Crippen LogP contribution in [0.5, 0.6) is 0 Å². The lowest BCUT2D eigenvalue weighted by Crippen LogP contribution is -2.37. The van der Waals surface area contributed by atoms with Gasteiger partial charge in [0.15, 0.2) is 0 Å². The van der Waals surface area contributed by atoms with E-state index < -0.39 is 11.2 Å². The standard InChI is InChI=1S/C28H38N4O3.C20H31N3O2/c1-19-11-13-29-20(2)25(19)26(33)32-17-22-15-31(16-23(22)18-32)14-12-24(21-9-7-6-8-10-21)30-27(34)35-28(3,4)5;1-20(2,3)25-19(24)22-18(15-7-5-4-6-8-15)9-10-23-13-16-11-21-12-17(16)14-23/h6-11,13,22-24H,12,14-18H2,1-5H3,(H,30,34);4-8,16-18,21H,9-14H2,1-3H3,(H,22,24)/t22?,23?,24-;16?,17?,18-/m00/s1. The molecular weight excluding hydrogens is 755 g/mol. The Labute approximate surface area is 358 Å². The number of rotatable bonds is 11. The van der Waals surface area contributed by atoms with Gasteiger partial charge in [-0.1, -0.05) is 60.7 Å². The normalized spacial score (nSPS) is 22.6. The lowest BCUT2D eigenvalue weighted by molar-refractivity contribution is 0.0486. The zero-order valence-corrected chi connectivity index (χ0v) is 37.2. The van der Waals surface area contributed by atoms with Crippen molar-refractivity contribution in [1.82, 2.24) is 35.6 Å². The summed E-state index contributed by atoms with van der Waals surface area (Å²) in [7, 11) is 0. The molecule has 4 fully saturated rings. The van der Waals surface area contributed by atoms with Gasteiger partial charge in [-0.25, -0.2) is 9.59 Å². The van der Waals surface area contributed by atoms with Crippen LogP contribution in [-0.2, 0) is 9.47 Å². The second kappa shape index (κ2) is 19.9. The molecule has 0 spiro atoms. The second-order valence-electron chi connectivity index (χ2n) is 19.3. The maximum Gasteiger partial charge on any atom is 0.408 e. The van der Waals surface area contributed by atoms with Crippen LogP contribution in [0.4, 0.5) is 9.59 Å². The van der Waals surface area contributed by atoms with E-state index in [0.29, 0.717) is 11.8 Å². The van der Waals surface area contributed by atoms with E-state index in [-0.39, 0.29) is 30.2 Å². The van der Waals surface area contributed by atoms with Crippen molar-refractivity contribution in [2.45, 2.75) is 91.5 Å². The fraction of sp³-hybridized carbons (Fsp3) is 0.583. The van der Waals surface area contributed by atoms with Crippen molar-refractivity contribution in [2.24, 2.45) is 23.7 Å². The molecule has 12 nitrogen and oxygen atoms in total. The van der Waals surface area contributed by atoms with Gasteiger partial charge in [0, 0.05) is 58.6 Å². The van der Waals surface area contributed by atoms with Gasteiger partial charge in [-0.15, -0.1) is 0 Å². The third kappa shape index (κ3) is 12.8. The number of hydrogen-bond acceptors (Lipinski definition) is 9. The fourth-order valence-electron chi connectivity index (χ4n) is 9.29. The van der Waals surface area contributed by atoms with Crippen molar-refractivity contribution in [2.75, 3.05) is 65.4 Å². The number of nitrogens with zero attached hydrogens (tertiary/aromatic N) is 4. The van der Waals surface area contributed by atoms with E-state index in [1.807, 2.05) is 115 Å². The Kier molecular flexibility index (Phi) is 14.9. The molecule has 5 heterocycles. The maximum absolute atomic E-state index is 13.2. The highest BCUT2D eigenvalue weighted by atomic mass is 16.6. The minimum absolute atomic E-state index is 0.0189. The van der Waals surface area contributed by atoms with Crippen molar-refractivity contribution >= 4 is 18.1 Å². The third-order valence-corrected chi connectivity index (χ3v) is 12.1. The lowest BCUT2D eigenvalue weighted by Gasteiger charge is -2.26. The van der Waals surface area contributed by atoms with Gasteiger partial charge in [-0.3, -0.25) is 9.78 Å². The molecule has 4 unspecified atom stereocenters. The molecule has 0 aliphatic carbocycles. The number of likely N-dealkylation sites (tertiary alicyclic amines) is 3. The Morgan fingerprint density at radius 3 is 1.52 bits per heavy atom. The molecule has 3 amide bonds. The molecule has 1 aromatic heterocycles. The number of nitrogens with one attached hydrogen (secondary N) is 3. The average Bonchev–Trinajstić information content (AvgIpc) is 3.96. The molecule has 4 saturated heterocycles. The first-order valence-corrected chi connectivity index (χ1v) is 22.0. The molecule has 6 atom stereocenters. The van der Waals surface area contributed by atoms with Crippen LogP contribution in [-0.4, -0.2) is 114 Å². The molecule has 12 heteroatoms. The Morgan fingerprint density at radius 1 is 0.667 bits per heavy atom. The minimum Gasteiger partial charge on any atom is -0.444 e. The zero-order valence-electron chi connectivity index (χ0n) is 37.2. The van der Waals surface area contributed by atoms with Crippen LogP contribution in [0.25, 0.3) is 0 Å². The number of ether oxygens (including phenoxy) is 2. The van der Waals surface area contributed by atoms with Crippen molar-refractivity contribution in [3.05, 3.63) is 101 Å². The fourth-order valence-corrected chi connectivity index (χ4v) is 9.29. The molecule has 7 rings (SSSR count). The first-order valence-electron chi connectivity index (χ1n) is 22.0. The van der Waals surface area contributed by atoms with E-state index in [9.17, 15) is 14.4 Å². The van der Waals surface area contributed by atoms with Crippen molar-refractivity contribution in [1.29, 1.82) is 0 Å². The molecular formula is C48H69N7O5. The number of fused-ring (bicyclic) bond motifs is 2. The molecule has 0 bridgehead atoms. The van der Waals surface area contributed by atoms with Gasteiger partial charge in [-0.05, 0) is 128 Å². The van der Waals surface area contributed by atoms with Crippen LogP contribution in [0, 0.1) is 37.5 Å². The number of carbonyl (C=O) groups excluding carboxylic acids is 3. The molecule has 326 valence electrons. The number of hydrogen-bond donors (Lipinski definition) is 3. The van der Waals surface area contributed by atoms with E-state index in [1.54, 1.807) is 6.20 Å². The van der Waals surface area contributed by atoms with Crippen molar-refractivity contribution in [3.63, 3.8) is 0 Å². The summed E-state index contributed by atoms with van der Waals surface area (Å²) in [5, 5.41) is 9.62. The van der Waals surface area contributed by atoms with Crippen LogP contribution in [0.3, 0.4) is 0 Å². The van der Waals surface area contributed by atoms with Gasteiger partial charge in [0.2, 0.25) is 0 Å². The molecule has 3 N–H and O–H groups in total. The van der Waals surface area contributed by atoms with Crippen LogP contribution in [0.15, 0.2) is 72.9 Å². The Bertz CT molecular complexity index is 1830. The Balaban J connectivity index is 0.000000213. The maximum atomic E-state index is 13.2. The molecule has 0 radical (unpaired) electrons. The number of carbonyl (C=O) groups is 3. The van der Waals surface area contributed by atoms with E-state index in [0.717, 1.165) is 105 Å². The van der Waals surface area contributed by atoms with Crippen LogP contribution in [0.2, 0.25) is 0 Å². The summed E-state index contributed by atoms with van der Waals surface area (Å²) in [5.74, 6) is 2.69. The summed E-state index contributed by atoms with van der Waals surface area (Å²) in [6.45, 7) is 25.3. The molecule has 60 heavy (non-hydrogen) atoms. The molecule has 0 saturated carbocycles. The quantitative estimate of drug-likeness (QED) is 0.185. The van der Waals surface area contributed by atoms with E-state index in [2.05, 4.69) is 42.9 Å². The van der Waals surface area contributed by atoms with Crippen molar-refractivity contribution < 1.29 is 23.9 Å². The SMILES string of the molecule is CC(C)(C)OC(=O)N[C@@H](CCN1CC2CNCC2C1)c1ccccc1.Cc1ccnc(C)c1C(=O)N1CC2CN(CC[C@H](NC(=O)OC(C)(C)C)c3ccccc3)CC2C1. The van der Waals surface area contributed by atoms with Gasteiger partial charge in [0.25, 0.3) is 5.91 Å². The van der Waals surface area contributed by atoms with E-state index in [4.69, 9.17) is 9.47 Å². The summed E-state index contributed by atoms with van der Waals surface area (Å²) in [6, 6.07) is 22.0. The third-order valence-electron chi connectivity index (χ3n) is 12.1. The molecule has 4 aliphatic rings. The number of pyridine rings is 1. The van der Waals surface area contributed by atoms with Crippen LogP contribution in [0.1, 0.15) is 99.2 Å². The topological polar surface area (TPSA) is 128 Å². The largest absolute Gasteiger partial charge is 0.444 e. The lowest BCUT2D eigenvalue weighted by atomic mass is 10.0. The number of alkyl carbamates (subject to hydrolysis) is 2. The summed E-state index contributed by atoms with van der Waals surface area (Å²) >= 11 is 0. The Hall–Kier alpha value is -4.52. The van der Waals surface area contributed by atoms with Crippen LogP contribution >= 0.6 is 0 Å². The predicted octanol–water partition coefficient (Wildman–Crippen LogP) is 7.15. The van der Waals surface area contributed by atoms with Gasteiger partial charge in [0.05, 0.1) is 23.3 Å². The molecule has 4 aliphatic heterocycles. The van der Waals surface area contributed by atoms with E-state index in [1.165, 1.54) is 13.1 Å². The van der Waals surface area contributed by atoms with Gasteiger partial charge in [0.1, 0.15) is 11.2 Å². The Morgan fingerprint density at radius 2 is 1.10 bits per heavy atom. The van der Waals surface area contributed by atoms with Crippen molar-refractivity contribution in [3.8, 4) is 0 Å². The summed E-state index contributed by atoms with van der Waals surface area (Å²) in [6.07, 6.45) is 2.73. The number of amides is 3. The van der Waals surface area contributed by atoms with Gasteiger partial charge in [-0.2, -0.15) is 0 Å². The predicted molar refractivity (Wildman–Crippen MR) is 236 cm³/mol. The van der Waals surface area contributed by atoms with Crippen LogP contribution < -0.4 is 16.0 Å². The highest BCUT2D eigenvalue weighted by Gasteiger charge is 2.42. The number of benzene rings is 2. The zero-order chi connectivity index (χ0) is 43.0. The summed E-state index contributed by atoms with van der Waals surface area (Å²) in [4.78, 5) is 49.3. The van der Waals surface area contributed by atoms with E-state index >= 15 is 0 Å². The summed E-state index contributed by atoms with van der Waals surface area (Å²) < 4.78 is 11.0. The average molecular weight is 824 g/mol. The highest BCUT2D eigenvalue weighted by molar-refractivity contribution is 5.96. The van der Waals surface area contributed by atoms with Gasteiger partial charge >= 0.3 is 12.2 Å². The smallest absolute Gasteiger partial charge is 0.408 e. The molecule has 3 aromatic rings. The monoisotopic (exact) mass is 824 g/mol. The first-order chi connectivity index (χ1) is 28.5. The number of aryl methyl sites for hydroxylation is 2.